The van der Waals surface area contributed by atoms with Crippen LogP contribution in [0.25, 0.3) is 99.1 Å². The maximum Gasteiger partial charge on any atom is 0.333 e. The molecule has 2 aliphatic rings. The van der Waals surface area contributed by atoms with Gasteiger partial charge in [0, 0.05) is 93.9 Å². The van der Waals surface area contributed by atoms with Gasteiger partial charge in [0.15, 0.2) is 0 Å². The summed E-state index contributed by atoms with van der Waals surface area (Å²) in [5.74, 6) is 0. The van der Waals surface area contributed by atoms with Gasteiger partial charge in [-0.1, -0.05) is 99.6 Å². The first kappa shape index (κ1) is 32.1. The quantitative estimate of drug-likeness (QED) is 0.150. The zero-order chi connectivity index (χ0) is 38.2. The number of hydrogen-bond donors (Lipinski definition) is 0. The number of aromatic nitrogens is 1. The van der Waals surface area contributed by atoms with E-state index in [9.17, 15) is 0 Å². The van der Waals surface area contributed by atoms with Crippen molar-refractivity contribution < 1.29 is 0 Å². The minimum absolute atomic E-state index is 0.0302. The molecule has 0 atom stereocenters. The van der Waals surface area contributed by atoms with Crippen LogP contribution in [0, 0.1) is 0 Å². The number of benzene rings is 8. The van der Waals surface area contributed by atoms with Gasteiger partial charge in [-0.25, -0.2) is 0 Å². The van der Waals surface area contributed by atoms with Crippen LogP contribution >= 0.6 is 34.0 Å². The summed E-state index contributed by atoms with van der Waals surface area (Å²) in [5.41, 5.74) is 13.2. The van der Waals surface area contributed by atoms with Crippen molar-refractivity contribution in [2.45, 2.75) is 26.2 Å². The van der Waals surface area contributed by atoms with Crippen molar-refractivity contribution in [3.63, 3.8) is 0 Å². The lowest BCUT2D eigenvalue weighted by Gasteiger charge is -2.42. The van der Waals surface area contributed by atoms with Crippen molar-refractivity contribution in [1.29, 1.82) is 0 Å². The van der Waals surface area contributed by atoms with Crippen LogP contribution in [0.5, 0.6) is 0 Å². The molecule has 0 N–H and O–H groups in total. The zero-order valence-electron chi connectivity index (χ0n) is 32.1. The molecule has 272 valence electrons. The molecule has 2 aliphatic heterocycles. The molecule has 58 heavy (non-hydrogen) atoms. The topological polar surface area (TPSA) is 8.17 Å². The van der Waals surface area contributed by atoms with Crippen LogP contribution in [0.2, 0.25) is 0 Å². The standard InChI is InChI=1S/C52H33BN2S3/c1-52(2,3)28-16-18-29(19-17-28)55-42-23-38-31-11-5-8-14-45(31)56-47(38)25-35(42)33-20-21-34-36-26-48-37(30-10-4-7-13-44(30)57-48)22-41(36)54-43-24-39-32-12-6-9-15-46(32)58-49(39)27-40(43)53(55)50(33)51(34)54/h4-27H,1-3H3. The fraction of sp³-hybridized carbons (Fsp3) is 0.0769. The normalized spacial score (nSPS) is 13.7. The van der Waals surface area contributed by atoms with Crippen LogP contribution in [0.3, 0.4) is 0 Å². The van der Waals surface area contributed by atoms with Gasteiger partial charge in [-0.2, -0.15) is 0 Å². The van der Waals surface area contributed by atoms with Crippen LogP contribution in [-0.4, -0.2) is 11.4 Å². The molecule has 6 heteroatoms. The molecule has 6 heterocycles. The third kappa shape index (κ3) is 4.07. The molecule has 0 bridgehead atoms. The first-order valence-electron chi connectivity index (χ1n) is 20.1. The molecule has 0 radical (unpaired) electrons. The molecule has 4 aromatic heterocycles. The molecule has 8 aromatic carbocycles. The van der Waals surface area contributed by atoms with Crippen molar-refractivity contribution in [3.8, 4) is 16.8 Å². The third-order valence-corrected chi connectivity index (χ3v) is 16.5. The third-order valence-electron chi connectivity index (χ3n) is 13.1. The van der Waals surface area contributed by atoms with E-state index in [4.69, 9.17) is 0 Å². The van der Waals surface area contributed by atoms with Crippen LogP contribution < -0.4 is 15.7 Å². The molecule has 0 aliphatic carbocycles. The van der Waals surface area contributed by atoms with Gasteiger partial charge in [0.25, 0.3) is 0 Å². The highest BCUT2D eigenvalue weighted by molar-refractivity contribution is 7.26. The largest absolute Gasteiger partial charge is 0.376 e. The second-order valence-corrected chi connectivity index (χ2v) is 20.5. The van der Waals surface area contributed by atoms with E-state index in [0.717, 1.165) is 0 Å². The van der Waals surface area contributed by atoms with Crippen LogP contribution in [0.15, 0.2) is 146 Å². The molecule has 12 aromatic rings. The van der Waals surface area contributed by atoms with E-state index in [2.05, 4.69) is 176 Å². The van der Waals surface area contributed by atoms with Gasteiger partial charge in [-0.05, 0) is 94.2 Å². The number of nitrogens with zero attached hydrogens (tertiary/aromatic N) is 2. The monoisotopic (exact) mass is 792 g/mol. The average molecular weight is 793 g/mol. The van der Waals surface area contributed by atoms with Crippen molar-refractivity contribution >= 4 is 145 Å². The van der Waals surface area contributed by atoms with E-state index < -0.39 is 0 Å². The van der Waals surface area contributed by atoms with E-state index in [-0.39, 0.29) is 12.3 Å². The Morgan fingerprint density at radius 2 is 1.02 bits per heavy atom. The van der Waals surface area contributed by atoms with E-state index in [1.54, 1.807) is 0 Å². The smallest absolute Gasteiger partial charge is 0.333 e. The van der Waals surface area contributed by atoms with Gasteiger partial charge in [-0.15, -0.1) is 34.0 Å². The Morgan fingerprint density at radius 1 is 0.448 bits per heavy atom. The summed E-state index contributed by atoms with van der Waals surface area (Å²) in [6.07, 6.45) is 0. The number of fused-ring (bicyclic) bond motifs is 17. The second kappa shape index (κ2) is 11.0. The number of rotatable bonds is 1. The van der Waals surface area contributed by atoms with Crippen molar-refractivity contribution in [2.75, 3.05) is 4.81 Å². The molecule has 0 spiro atoms. The molecule has 0 saturated carbocycles. The van der Waals surface area contributed by atoms with Crippen LogP contribution in [0.1, 0.15) is 26.3 Å². The summed E-state index contributed by atoms with van der Waals surface area (Å²) >= 11 is 5.74. The predicted molar refractivity (Wildman–Crippen MR) is 257 cm³/mol. The van der Waals surface area contributed by atoms with Crippen LogP contribution in [0.4, 0.5) is 11.4 Å². The van der Waals surface area contributed by atoms with E-state index in [1.807, 2.05) is 34.0 Å². The summed E-state index contributed by atoms with van der Waals surface area (Å²) in [6, 6.07) is 56.2. The molecule has 0 fully saturated rings. The van der Waals surface area contributed by atoms with Crippen molar-refractivity contribution in [2.24, 2.45) is 0 Å². The summed E-state index contributed by atoms with van der Waals surface area (Å²) in [5, 5.41) is 10.7. The molecular formula is C52H33BN2S3. The Bertz CT molecular complexity index is 3800. The van der Waals surface area contributed by atoms with Crippen molar-refractivity contribution in [3.05, 3.63) is 151 Å². The summed E-state index contributed by atoms with van der Waals surface area (Å²) in [4.78, 5) is 2.70. The number of thiophene rings is 3. The first-order chi connectivity index (χ1) is 28.4. The van der Waals surface area contributed by atoms with Gasteiger partial charge in [0.2, 0.25) is 0 Å². The summed E-state index contributed by atoms with van der Waals surface area (Å²) in [6.45, 7) is 6.90. The molecular weight excluding hydrogens is 760 g/mol. The second-order valence-electron chi connectivity index (χ2n) is 17.3. The molecule has 2 nitrogen and oxygen atoms in total. The van der Waals surface area contributed by atoms with E-state index in [0.29, 0.717) is 0 Å². The molecule has 0 saturated heterocycles. The van der Waals surface area contributed by atoms with Gasteiger partial charge >= 0.3 is 6.85 Å². The molecule has 0 unspecified atom stereocenters. The Labute approximate surface area is 346 Å². The number of hydrogen-bond acceptors (Lipinski definition) is 4. The lowest BCUT2D eigenvalue weighted by molar-refractivity contribution is 0.590. The fourth-order valence-electron chi connectivity index (χ4n) is 10.4. The summed E-state index contributed by atoms with van der Waals surface area (Å²) in [7, 11) is 0. The Hall–Kier alpha value is -5.92. The minimum Gasteiger partial charge on any atom is -0.376 e. The van der Waals surface area contributed by atoms with Gasteiger partial charge < -0.3 is 9.38 Å². The van der Waals surface area contributed by atoms with Gasteiger partial charge in [0.1, 0.15) is 0 Å². The van der Waals surface area contributed by atoms with Gasteiger partial charge in [-0.3, -0.25) is 0 Å². The Morgan fingerprint density at radius 3 is 1.66 bits per heavy atom. The Balaban J connectivity index is 1.17. The maximum absolute atomic E-state index is 2.70. The highest BCUT2D eigenvalue weighted by Gasteiger charge is 2.44. The minimum atomic E-state index is -0.0302. The summed E-state index contributed by atoms with van der Waals surface area (Å²) < 4.78 is 10.7. The lowest BCUT2D eigenvalue weighted by Crippen LogP contribution is -2.60. The fourth-order valence-corrected chi connectivity index (χ4v) is 13.8. The SMILES string of the molecule is CC(C)(C)c1ccc(N2B3c4cc5sc6ccccc6c5cc4-n4c5cc6c(cc5c5ccc(c3c54)-c3cc4sc5ccccc5c4cc32)sc2ccccc26)cc1. The van der Waals surface area contributed by atoms with Gasteiger partial charge in [0.05, 0.1) is 11.0 Å². The lowest BCUT2D eigenvalue weighted by atomic mass is 9.44. The zero-order valence-corrected chi connectivity index (χ0v) is 34.5. The van der Waals surface area contributed by atoms with E-state index in [1.165, 1.54) is 127 Å². The predicted octanol–water partition coefficient (Wildman–Crippen LogP) is 14.4. The molecule has 14 rings (SSSR count). The number of anilines is 2. The van der Waals surface area contributed by atoms with E-state index >= 15 is 0 Å². The first-order valence-corrected chi connectivity index (χ1v) is 22.6. The van der Waals surface area contributed by atoms with Crippen LogP contribution in [-0.2, 0) is 5.41 Å². The highest BCUT2D eigenvalue weighted by Crippen LogP contribution is 2.50. The maximum atomic E-state index is 2.70. The highest BCUT2D eigenvalue weighted by atomic mass is 32.1. The Kier molecular flexibility index (Phi) is 6.07. The average Bonchev–Trinajstić information content (AvgIpc) is 3.99. The van der Waals surface area contributed by atoms with Crippen molar-refractivity contribution in [1.82, 2.24) is 4.57 Å². The molecule has 0 amide bonds.